The van der Waals surface area contributed by atoms with Crippen LogP contribution < -0.4 is 0 Å². The van der Waals surface area contributed by atoms with Crippen LogP contribution in [0.4, 0.5) is 8.78 Å². The molecule has 1 fully saturated rings. The molecule has 0 aromatic rings. The second-order valence-electron chi connectivity index (χ2n) is 2.39. The summed E-state index contributed by atoms with van der Waals surface area (Å²) in [6.45, 7) is 0.625. The SMILES string of the molecule is [CH]N1CCC(F)(F)CC1. The van der Waals surface area contributed by atoms with Gasteiger partial charge in [0.25, 0.3) is 5.92 Å². The van der Waals surface area contributed by atoms with E-state index in [9.17, 15) is 8.78 Å². The van der Waals surface area contributed by atoms with Crippen LogP contribution in [0.5, 0.6) is 0 Å². The van der Waals surface area contributed by atoms with E-state index in [-0.39, 0.29) is 12.8 Å². The van der Waals surface area contributed by atoms with Crippen LogP contribution in [0.3, 0.4) is 0 Å². The molecule has 1 nitrogen and oxygen atoms in total. The molecule has 1 aliphatic heterocycles. The summed E-state index contributed by atoms with van der Waals surface area (Å²) in [6.07, 6.45) is -0.188. The summed E-state index contributed by atoms with van der Waals surface area (Å²) < 4.78 is 24.6. The van der Waals surface area contributed by atoms with Crippen LogP contribution in [0.2, 0.25) is 0 Å². The topological polar surface area (TPSA) is 3.24 Å². The Hall–Kier alpha value is -0.180. The predicted octanol–water partition coefficient (Wildman–Crippen LogP) is 1.39. The highest BCUT2D eigenvalue weighted by Gasteiger charge is 2.32. The van der Waals surface area contributed by atoms with Crippen molar-refractivity contribution in [3.8, 4) is 0 Å². The number of halogens is 2. The van der Waals surface area contributed by atoms with Crippen LogP contribution in [0, 0.1) is 7.05 Å². The molecule has 0 amide bonds. The van der Waals surface area contributed by atoms with Gasteiger partial charge in [0.1, 0.15) is 0 Å². The monoisotopic (exact) mass is 133 g/mol. The van der Waals surface area contributed by atoms with E-state index in [1.54, 1.807) is 0 Å². The first-order valence-electron chi connectivity index (χ1n) is 2.98. The summed E-state index contributed by atoms with van der Waals surface area (Å²) in [5.41, 5.74) is 0. The van der Waals surface area contributed by atoms with Gasteiger partial charge in [0, 0.05) is 33.0 Å². The molecular weight excluding hydrogens is 124 g/mol. The third kappa shape index (κ3) is 1.90. The van der Waals surface area contributed by atoms with Crippen LogP contribution in [0.15, 0.2) is 0 Å². The average Bonchev–Trinajstić information content (AvgIpc) is 1.78. The van der Waals surface area contributed by atoms with Crippen LogP contribution in [0.1, 0.15) is 12.8 Å². The molecule has 1 rings (SSSR count). The maximum atomic E-state index is 12.3. The van der Waals surface area contributed by atoms with Crippen molar-refractivity contribution in [1.29, 1.82) is 0 Å². The molecule has 0 aromatic heterocycles. The molecule has 0 N–H and O–H groups in total. The minimum absolute atomic E-state index is 0.0938. The van der Waals surface area contributed by atoms with Gasteiger partial charge in [0.05, 0.1) is 0 Å². The third-order valence-electron chi connectivity index (χ3n) is 1.53. The smallest absolute Gasteiger partial charge is 0.250 e. The van der Waals surface area contributed by atoms with E-state index in [0.717, 1.165) is 0 Å². The fraction of sp³-hybridized carbons (Fsp3) is 0.833. The molecule has 1 saturated heterocycles. The van der Waals surface area contributed by atoms with Gasteiger partial charge in [-0.25, -0.2) is 8.78 Å². The van der Waals surface area contributed by atoms with E-state index in [2.05, 4.69) is 0 Å². The highest BCUT2D eigenvalue weighted by atomic mass is 19.3. The van der Waals surface area contributed by atoms with E-state index in [1.807, 2.05) is 0 Å². The molecule has 52 valence electrons. The van der Waals surface area contributed by atoms with Gasteiger partial charge in [0.2, 0.25) is 0 Å². The third-order valence-corrected chi connectivity index (χ3v) is 1.53. The molecule has 0 atom stereocenters. The normalized spacial score (nSPS) is 28.3. The Morgan fingerprint density at radius 2 is 1.67 bits per heavy atom. The van der Waals surface area contributed by atoms with Crippen LogP contribution in [-0.4, -0.2) is 23.9 Å². The molecule has 0 aliphatic carbocycles. The van der Waals surface area contributed by atoms with Gasteiger partial charge in [-0.05, 0) is 0 Å². The molecule has 0 bridgehead atoms. The maximum Gasteiger partial charge on any atom is 0.250 e. The van der Waals surface area contributed by atoms with Gasteiger partial charge in [-0.1, -0.05) is 0 Å². The summed E-state index contributed by atoms with van der Waals surface area (Å²) in [5.74, 6) is -2.46. The molecule has 0 spiro atoms. The highest BCUT2D eigenvalue weighted by Crippen LogP contribution is 2.26. The average molecular weight is 133 g/mol. The van der Waals surface area contributed by atoms with Gasteiger partial charge in [-0.15, -0.1) is 0 Å². The highest BCUT2D eigenvalue weighted by molar-refractivity contribution is 4.76. The molecule has 9 heavy (non-hydrogen) atoms. The van der Waals surface area contributed by atoms with Crippen LogP contribution >= 0.6 is 0 Å². The Labute approximate surface area is 53.6 Å². The predicted molar refractivity (Wildman–Crippen MR) is 30.1 cm³/mol. The number of alkyl halides is 2. The standard InChI is InChI=1S/C6H9F2N/c1-9-4-2-6(7,8)3-5-9/h1H,2-5H2. The Balaban J connectivity index is 2.35. The molecule has 3 heteroatoms. The summed E-state index contributed by atoms with van der Waals surface area (Å²) in [7, 11) is 5.26. The van der Waals surface area contributed by atoms with Crippen molar-refractivity contribution in [2.45, 2.75) is 18.8 Å². The van der Waals surface area contributed by atoms with Crippen molar-refractivity contribution < 1.29 is 8.78 Å². The Bertz CT molecular complexity index is 93.2. The lowest BCUT2D eigenvalue weighted by atomic mass is 10.1. The molecule has 1 aliphatic rings. The van der Waals surface area contributed by atoms with Gasteiger partial charge >= 0.3 is 0 Å². The van der Waals surface area contributed by atoms with Crippen molar-refractivity contribution in [3.05, 3.63) is 7.05 Å². The van der Waals surface area contributed by atoms with Crippen molar-refractivity contribution in [1.82, 2.24) is 4.90 Å². The fourth-order valence-corrected chi connectivity index (χ4v) is 0.851. The van der Waals surface area contributed by atoms with E-state index < -0.39 is 5.92 Å². The molecular formula is C6H9F2N. The zero-order valence-corrected chi connectivity index (χ0v) is 5.11. The zero-order valence-electron chi connectivity index (χ0n) is 5.11. The van der Waals surface area contributed by atoms with E-state index in [0.29, 0.717) is 13.1 Å². The van der Waals surface area contributed by atoms with Gasteiger partial charge < -0.3 is 0 Å². The molecule has 2 radical (unpaired) electrons. The summed E-state index contributed by atoms with van der Waals surface area (Å²) in [6, 6.07) is 0. The number of likely N-dealkylation sites (tertiary alicyclic amines) is 1. The first-order valence-corrected chi connectivity index (χ1v) is 2.98. The first-order chi connectivity index (χ1) is 4.10. The summed E-state index contributed by atoms with van der Waals surface area (Å²) in [4.78, 5) is 1.43. The lowest BCUT2D eigenvalue weighted by Gasteiger charge is -2.27. The Morgan fingerprint density at radius 1 is 1.22 bits per heavy atom. The van der Waals surface area contributed by atoms with Crippen molar-refractivity contribution in [2.75, 3.05) is 13.1 Å². The largest absolute Gasteiger partial charge is 0.297 e. The first kappa shape index (κ1) is 6.93. The van der Waals surface area contributed by atoms with Gasteiger partial charge in [-0.2, -0.15) is 0 Å². The molecule has 0 aromatic carbocycles. The molecule has 0 unspecified atom stereocenters. The minimum atomic E-state index is -2.46. The van der Waals surface area contributed by atoms with Crippen LogP contribution in [-0.2, 0) is 0 Å². The van der Waals surface area contributed by atoms with Gasteiger partial charge in [0.15, 0.2) is 0 Å². The Morgan fingerprint density at radius 3 is 2.00 bits per heavy atom. The van der Waals surface area contributed by atoms with Gasteiger partial charge in [-0.3, -0.25) is 4.90 Å². The van der Waals surface area contributed by atoms with E-state index >= 15 is 0 Å². The van der Waals surface area contributed by atoms with Crippen molar-refractivity contribution >= 4 is 0 Å². The summed E-state index contributed by atoms with van der Waals surface area (Å²) >= 11 is 0. The fourth-order valence-electron chi connectivity index (χ4n) is 0.851. The second kappa shape index (κ2) is 2.21. The lowest BCUT2D eigenvalue weighted by Crippen LogP contribution is -2.35. The number of piperidine rings is 1. The number of rotatable bonds is 0. The van der Waals surface area contributed by atoms with E-state index in [1.165, 1.54) is 4.90 Å². The maximum absolute atomic E-state index is 12.3. The quantitative estimate of drug-likeness (QED) is 0.482. The van der Waals surface area contributed by atoms with Crippen molar-refractivity contribution in [3.63, 3.8) is 0 Å². The number of hydrogen-bond donors (Lipinski definition) is 0. The number of hydrogen-bond acceptors (Lipinski definition) is 1. The summed E-state index contributed by atoms with van der Waals surface area (Å²) in [5, 5.41) is 0. The Kier molecular flexibility index (Phi) is 1.70. The van der Waals surface area contributed by atoms with Crippen molar-refractivity contribution in [2.24, 2.45) is 0 Å². The zero-order chi connectivity index (χ0) is 6.91. The minimum Gasteiger partial charge on any atom is -0.297 e. The second-order valence-corrected chi connectivity index (χ2v) is 2.39. The lowest BCUT2D eigenvalue weighted by molar-refractivity contribution is -0.0474. The molecule has 0 saturated carbocycles. The number of nitrogens with zero attached hydrogens (tertiary/aromatic N) is 1. The van der Waals surface area contributed by atoms with E-state index in [4.69, 9.17) is 7.05 Å². The molecule has 1 heterocycles. The van der Waals surface area contributed by atoms with Crippen LogP contribution in [0.25, 0.3) is 0 Å².